The lowest BCUT2D eigenvalue weighted by Crippen LogP contribution is -2.45. The molecule has 1 saturated heterocycles. The lowest BCUT2D eigenvalue weighted by Gasteiger charge is -2.35. The summed E-state index contributed by atoms with van der Waals surface area (Å²) in [6, 6.07) is 2.95. The molecule has 0 spiro atoms. The quantitative estimate of drug-likeness (QED) is 0.851. The fourth-order valence-electron chi connectivity index (χ4n) is 3.51. The van der Waals surface area contributed by atoms with E-state index in [4.69, 9.17) is 0 Å². The van der Waals surface area contributed by atoms with Gasteiger partial charge in [-0.05, 0) is 56.7 Å². The molecule has 1 saturated carbocycles. The molecule has 1 aromatic carbocycles. The Labute approximate surface area is 113 Å². The molecule has 1 aliphatic heterocycles. The fourth-order valence-corrected chi connectivity index (χ4v) is 3.51. The number of rotatable bonds is 2. The Kier molecular flexibility index (Phi) is 3.34. The van der Waals surface area contributed by atoms with Gasteiger partial charge in [0.05, 0.1) is 5.54 Å². The highest BCUT2D eigenvalue weighted by molar-refractivity contribution is 5.35. The van der Waals surface area contributed by atoms with Crippen LogP contribution in [0.2, 0.25) is 0 Å². The van der Waals surface area contributed by atoms with Crippen molar-refractivity contribution in [2.75, 3.05) is 6.54 Å². The van der Waals surface area contributed by atoms with Crippen molar-refractivity contribution in [3.8, 4) is 0 Å². The van der Waals surface area contributed by atoms with Crippen molar-refractivity contribution in [1.29, 1.82) is 0 Å². The van der Waals surface area contributed by atoms with Gasteiger partial charge >= 0.3 is 0 Å². The van der Waals surface area contributed by atoms with E-state index in [-0.39, 0.29) is 11.6 Å². The van der Waals surface area contributed by atoms with Crippen molar-refractivity contribution >= 4 is 0 Å². The SMILES string of the molecule is Cc1ccc(F)c(C2(C3CC3)CCCCCN2)c1F. The molecule has 1 aliphatic carbocycles. The second kappa shape index (κ2) is 4.86. The van der Waals surface area contributed by atoms with Gasteiger partial charge in [0.1, 0.15) is 11.6 Å². The molecule has 1 aromatic rings. The minimum Gasteiger partial charge on any atom is -0.307 e. The second-order valence-corrected chi connectivity index (χ2v) is 6.04. The average molecular weight is 265 g/mol. The summed E-state index contributed by atoms with van der Waals surface area (Å²) in [6.45, 7) is 2.58. The van der Waals surface area contributed by atoms with Crippen LogP contribution < -0.4 is 5.32 Å². The van der Waals surface area contributed by atoms with Crippen LogP contribution in [-0.4, -0.2) is 6.54 Å². The fraction of sp³-hybridized carbons (Fsp3) is 0.625. The monoisotopic (exact) mass is 265 g/mol. The van der Waals surface area contributed by atoms with E-state index < -0.39 is 5.54 Å². The van der Waals surface area contributed by atoms with Crippen molar-refractivity contribution in [1.82, 2.24) is 5.32 Å². The van der Waals surface area contributed by atoms with E-state index >= 15 is 0 Å². The summed E-state index contributed by atoms with van der Waals surface area (Å²) in [5.74, 6) is -0.331. The van der Waals surface area contributed by atoms with E-state index in [2.05, 4.69) is 5.32 Å². The zero-order valence-corrected chi connectivity index (χ0v) is 11.4. The Morgan fingerprint density at radius 3 is 2.68 bits per heavy atom. The van der Waals surface area contributed by atoms with Crippen molar-refractivity contribution in [2.45, 2.75) is 51.0 Å². The van der Waals surface area contributed by atoms with Gasteiger partial charge in [-0.15, -0.1) is 0 Å². The summed E-state index contributed by atoms with van der Waals surface area (Å²) in [5.41, 5.74) is 0.385. The van der Waals surface area contributed by atoms with Crippen molar-refractivity contribution < 1.29 is 8.78 Å². The van der Waals surface area contributed by atoms with Crippen LogP contribution in [0.5, 0.6) is 0 Å². The second-order valence-electron chi connectivity index (χ2n) is 6.04. The van der Waals surface area contributed by atoms with Crippen LogP contribution >= 0.6 is 0 Å². The molecule has 1 unspecified atom stereocenters. The van der Waals surface area contributed by atoms with E-state index in [1.54, 1.807) is 6.92 Å². The third-order valence-corrected chi connectivity index (χ3v) is 4.69. The maximum Gasteiger partial charge on any atom is 0.134 e. The standard InChI is InChI=1S/C16H21F2N/c1-11-5-8-13(17)14(15(11)18)16(12-6-7-12)9-3-2-4-10-19-16/h5,8,12,19H,2-4,6-7,9-10H2,1H3. The Morgan fingerprint density at radius 2 is 1.95 bits per heavy atom. The van der Waals surface area contributed by atoms with E-state index in [1.165, 1.54) is 12.1 Å². The number of benzene rings is 1. The van der Waals surface area contributed by atoms with Gasteiger partial charge in [0.2, 0.25) is 0 Å². The van der Waals surface area contributed by atoms with E-state index in [1.807, 2.05) is 0 Å². The van der Waals surface area contributed by atoms with Gasteiger partial charge in [0.25, 0.3) is 0 Å². The highest BCUT2D eigenvalue weighted by Crippen LogP contribution is 2.50. The highest BCUT2D eigenvalue weighted by Gasteiger charge is 2.49. The van der Waals surface area contributed by atoms with Crippen LogP contribution in [-0.2, 0) is 5.54 Å². The molecular weight excluding hydrogens is 244 g/mol. The zero-order valence-electron chi connectivity index (χ0n) is 11.4. The Balaban J connectivity index is 2.12. The first kappa shape index (κ1) is 13.0. The van der Waals surface area contributed by atoms with E-state index in [9.17, 15) is 8.78 Å². The van der Waals surface area contributed by atoms with Crippen molar-refractivity contribution in [3.63, 3.8) is 0 Å². The molecule has 0 amide bonds. The summed E-state index contributed by atoms with van der Waals surface area (Å²) < 4.78 is 28.8. The summed E-state index contributed by atoms with van der Waals surface area (Å²) in [4.78, 5) is 0. The summed E-state index contributed by atoms with van der Waals surface area (Å²) >= 11 is 0. The Bertz CT molecular complexity index is 472. The maximum atomic E-state index is 14.5. The van der Waals surface area contributed by atoms with Crippen LogP contribution in [0.15, 0.2) is 12.1 Å². The van der Waals surface area contributed by atoms with Crippen molar-refractivity contribution in [2.24, 2.45) is 5.92 Å². The average Bonchev–Trinajstić information content (AvgIpc) is 3.20. The lowest BCUT2D eigenvalue weighted by atomic mass is 9.80. The van der Waals surface area contributed by atoms with Gasteiger partial charge in [-0.3, -0.25) is 0 Å². The number of hydrogen-bond acceptors (Lipinski definition) is 1. The molecule has 19 heavy (non-hydrogen) atoms. The molecule has 1 heterocycles. The molecule has 104 valence electrons. The molecule has 2 aliphatic rings. The predicted molar refractivity (Wildman–Crippen MR) is 72.0 cm³/mol. The molecule has 0 aromatic heterocycles. The van der Waals surface area contributed by atoms with Gasteiger partial charge in [0.15, 0.2) is 0 Å². The lowest BCUT2D eigenvalue weighted by molar-refractivity contribution is 0.257. The van der Waals surface area contributed by atoms with Crippen LogP contribution in [0.4, 0.5) is 8.78 Å². The molecule has 0 radical (unpaired) electrons. The first-order valence-electron chi connectivity index (χ1n) is 7.35. The minimum atomic E-state index is -0.462. The highest BCUT2D eigenvalue weighted by atomic mass is 19.1. The van der Waals surface area contributed by atoms with E-state index in [0.717, 1.165) is 45.1 Å². The van der Waals surface area contributed by atoms with Gasteiger partial charge in [-0.25, -0.2) is 8.78 Å². The number of nitrogens with one attached hydrogen (secondary N) is 1. The number of halogens is 2. The smallest absolute Gasteiger partial charge is 0.134 e. The zero-order chi connectivity index (χ0) is 13.5. The largest absolute Gasteiger partial charge is 0.307 e. The molecule has 3 heteroatoms. The number of aryl methyl sites for hydroxylation is 1. The Morgan fingerprint density at radius 1 is 1.16 bits per heavy atom. The minimum absolute atomic E-state index is 0.303. The van der Waals surface area contributed by atoms with Crippen molar-refractivity contribution in [3.05, 3.63) is 34.9 Å². The molecule has 1 atom stereocenters. The van der Waals surface area contributed by atoms with Gasteiger partial charge < -0.3 is 5.32 Å². The first-order valence-corrected chi connectivity index (χ1v) is 7.35. The Hall–Kier alpha value is -0.960. The number of hydrogen-bond donors (Lipinski definition) is 1. The third kappa shape index (κ3) is 2.18. The maximum absolute atomic E-state index is 14.5. The van der Waals surface area contributed by atoms with Gasteiger partial charge in [-0.1, -0.05) is 18.9 Å². The normalized spacial score (nSPS) is 28.2. The van der Waals surface area contributed by atoms with Crippen LogP contribution in [0.25, 0.3) is 0 Å². The summed E-state index contributed by atoms with van der Waals surface area (Å²) in [7, 11) is 0. The summed E-state index contributed by atoms with van der Waals surface area (Å²) in [5, 5.41) is 3.50. The first-order chi connectivity index (χ1) is 9.15. The molecule has 0 bridgehead atoms. The molecular formula is C16H21F2N. The molecule has 1 nitrogen and oxygen atoms in total. The molecule has 3 rings (SSSR count). The van der Waals surface area contributed by atoms with Crippen LogP contribution in [0.1, 0.15) is 49.7 Å². The van der Waals surface area contributed by atoms with Crippen LogP contribution in [0, 0.1) is 24.5 Å². The topological polar surface area (TPSA) is 12.0 Å². The molecule has 1 N–H and O–H groups in total. The van der Waals surface area contributed by atoms with Gasteiger partial charge in [-0.2, -0.15) is 0 Å². The third-order valence-electron chi connectivity index (χ3n) is 4.69. The van der Waals surface area contributed by atoms with Crippen LogP contribution in [0.3, 0.4) is 0 Å². The van der Waals surface area contributed by atoms with E-state index in [0.29, 0.717) is 17.0 Å². The summed E-state index contributed by atoms with van der Waals surface area (Å²) in [6.07, 6.45) is 6.32. The molecule has 2 fully saturated rings. The predicted octanol–water partition coefficient (Wildman–Crippen LogP) is 4.04. The van der Waals surface area contributed by atoms with Gasteiger partial charge in [0, 0.05) is 5.56 Å².